The van der Waals surface area contributed by atoms with E-state index in [-0.39, 0.29) is 5.41 Å². The van der Waals surface area contributed by atoms with Gasteiger partial charge in [-0.25, -0.2) is 0 Å². The van der Waals surface area contributed by atoms with E-state index in [0.29, 0.717) is 0 Å². The van der Waals surface area contributed by atoms with Gasteiger partial charge in [0.1, 0.15) is 5.54 Å². The molecule has 1 aliphatic heterocycles. The standard InChI is InChI=1S/C23H22N2/c1-22(2)21(18-12-6-3-7-13-18)24-25-23(22,19-14-8-4-9-15-19)20-16-10-5-11-17-20/h3-17,25H,1-2H3. The largest absolute Gasteiger partial charge is 0.294 e. The van der Waals surface area contributed by atoms with E-state index < -0.39 is 5.54 Å². The molecule has 0 saturated heterocycles. The van der Waals surface area contributed by atoms with Crippen LogP contribution in [0.1, 0.15) is 30.5 Å². The minimum atomic E-state index is -0.402. The van der Waals surface area contributed by atoms with Gasteiger partial charge in [-0.05, 0) is 16.7 Å². The first-order valence-corrected chi connectivity index (χ1v) is 8.68. The van der Waals surface area contributed by atoms with Crippen LogP contribution in [0.4, 0.5) is 0 Å². The lowest BCUT2D eigenvalue weighted by molar-refractivity contribution is 0.273. The molecule has 0 radical (unpaired) electrons. The van der Waals surface area contributed by atoms with E-state index in [1.807, 2.05) is 6.07 Å². The SMILES string of the molecule is CC1(C)C(c2ccccc2)=NNC1(c1ccccc1)c1ccccc1. The van der Waals surface area contributed by atoms with Gasteiger partial charge < -0.3 is 0 Å². The summed E-state index contributed by atoms with van der Waals surface area (Å²) in [4.78, 5) is 0. The van der Waals surface area contributed by atoms with Gasteiger partial charge in [-0.2, -0.15) is 5.10 Å². The molecule has 1 heterocycles. The Balaban J connectivity index is 1.93. The Hall–Kier alpha value is -2.87. The lowest BCUT2D eigenvalue weighted by Crippen LogP contribution is -2.50. The van der Waals surface area contributed by atoms with E-state index in [2.05, 4.69) is 104 Å². The highest BCUT2D eigenvalue weighted by Crippen LogP contribution is 2.50. The summed E-state index contributed by atoms with van der Waals surface area (Å²) in [6, 6.07) is 31.7. The predicted molar refractivity (Wildman–Crippen MR) is 104 cm³/mol. The summed E-state index contributed by atoms with van der Waals surface area (Å²) in [5.41, 5.74) is 7.59. The van der Waals surface area contributed by atoms with Crippen LogP contribution in [0.2, 0.25) is 0 Å². The zero-order valence-corrected chi connectivity index (χ0v) is 14.6. The first-order valence-electron chi connectivity index (χ1n) is 8.68. The molecule has 0 amide bonds. The van der Waals surface area contributed by atoms with Crippen LogP contribution < -0.4 is 5.43 Å². The van der Waals surface area contributed by atoms with Gasteiger partial charge in [0.2, 0.25) is 0 Å². The maximum absolute atomic E-state index is 4.83. The molecule has 0 spiro atoms. The fourth-order valence-corrected chi connectivity index (χ4v) is 4.01. The fraction of sp³-hybridized carbons (Fsp3) is 0.174. The normalized spacial score (nSPS) is 17.6. The Kier molecular flexibility index (Phi) is 3.69. The Morgan fingerprint density at radius 2 is 1.08 bits per heavy atom. The number of nitrogens with one attached hydrogen (secondary N) is 1. The average Bonchev–Trinajstić information content (AvgIpc) is 2.95. The zero-order valence-electron chi connectivity index (χ0n) is 14.6. The van der Waals surface area contributed by atoms with Crippen LogP contribution >= 0.6 is 0 Å². The third-order valence-electron chi connectivity index (χ3n) is 5.33. The molecule has 124 valence electrons. The molecule has 2 heteroatoms. The minimum Gasteiger partial charge on any atom is -0.294 e. The van der Waals surface area contributed by atoms with E-state index in [1.165, 1.54) is 11.1 Å². The molecule has 3 aromatic carbocycles. The van der Waals surface area contributed by atoms with Crippen molar-refractivity contribution in [1.82, 2.24) is 5.43 Å². The van der Waals surface area contributed by atoms with Gasteiger partial charge in [0.15, 0.2) is 0 Å². The maximum Gasteiger partial charge on any atom is 0.115 e. The van der Waals surface area contributed by atoms with E-state index in [0.717, 1.165) is 11.3 Å². The molecule has 0 atom stereocenters. The molecule has 3 aromatic rings. The van der Waals surface area contributed by atoms with Crippen LogP contribution in [0, 0.1) is 5.41 Å². The molecule has 0 fully saturated rings. The molecule has 0 bridgehead atoms. The van der Waals surface area contributed by atoms with Crippen LogP contribution in [0.5, 0.6) is 0 Å². The first-order chi connectivity index (χ1) is 12.2. The second kappa shape index (κ2) is 5.89. The van der Waals surface area contributed by atoms with Gasteiger partial charge in [-0.3, -0.25) is 5.43 Å². The van der Waals surface area contributed by atoms with E-state index >= 15 is 0 Å². The van der Waals surface area contributed by atoms with E-state index in [4.69, 9.17) is 5.10 Å². The molecule has 0 aromatic heterocycles. The molecule has 4 rings (SSSR count). The summed E-state index contributed by atoms with van der Waals surface area (Å²) in [5, 5.41) is 4.83. The number of hydrogen-bond donors (Lipinski definition) is 1. The van der Waals surface area contributed by atoms with Crippen molar-refractivity contribution in [3.05, 3.63) is 108 Å². The number of rotatable bonds is 3. The van der Waals surface area contributed by atoms with Gasteiger partial charge in [0.25, 0.3) is 0 Å². The van der Waals surface area contributed by atoms with Crippen molar-refractivity contribution < 1.29 is 0 Å². The Morgan fingerprint density at radius 3 is 1.56 bits per heavy atom. The van der Waals surface area contributed by atoms with Crippen LogP contribution in [0.3, 0.4) is 0 Å². The van der Waals surface area contributed by atoms with E-state index in [1.54, 1.807) is 0 Å². The highest BCUT2D eigenvalue weighted by molar-refractivity contribution is 6.06. The molecular formula is C23H22N2. The molecule has 2 nitrogen and oxygen atoms in total. The second-order valence-electron chi connectivity index (χ2n) is 7.05. The fourth-order valence-electron chi connectivity index (χ4n) is 4.01. The third kappa shape index (κ3) is 2.29. The van der Waals surface area contributed by atoms with Crippen molar-refractivity contribution in [3.63, 3.8) is 0 Å². The van der Waals surface area contributed by atoms with Crippen LogP contribution in [0.25, 0.3) is 0 Å². The maximum atomic E-state index is 4.83. The monoisotopic (exact) mass is 326 g/mol. The zero-order chi connectivity index (χ0) is 17.3. The molecule has 0 saturated carbocycles. The lowest BCUT2D eigenvalue weighted by Gasteiger charge is -2.42. The highest BCUT2D eigenvalue weighted by Gasteiger charge is 2.54. The average molecular weight is 326 g/mol. The summed E-state index contributed by atoms with van der Waals surface area (Å²) in [7, 11) is 0. The molecular weight excluding hydrogens is 304 g/mol. The van der Waals surface area contributed by atoms with Crippen molar-refractivity contribution in [2.75, 3.05) is 0 Å². The molecule has 1 N–H and O–H groups in total. The Morgan fingerprint density at radius 1 is 0.640 bits per heavy atom. The summed E-state index contributed by atoms with van der Waals surface area (Å²) < 4.78 is 0. The van der Waals surface area contributed by atoms with Crippen LogP contribution in [0.15, 0.2) is 96.1 Å². The van der Waals surface area contributed by atoms with Crippen LogP contribution in [-0.2, 0) is 5.54 Å². The van der Waals surface area contributed by atoms with Crippen molar-refractivity contribution in [3.8, 4) is 0 Å². The number of nitrogens with zero attached hydrogens (tertiary/aromatic N) is 1. The van der Waals surface area contributed by atoms with Crippen molar-refractivity contribution in [2.45, 2.75) is 19.4 Å². The highest BCUT2D eigenvalue weighted by atomic mass is 15.4. The van der Waals surface area contributed by atoms with Gasteiger partial charge in [-0.1, -0.05) is 105 Å². The molecule has 0 aliphatic carbocycles. The van der Waals surface area contributed by atoms with Crippen molar-refractivity contribution in [1.29, 1.82) is 0 Å². The van der Waals surface area contributed by atoms with Crippen LogP contribution in [-0.4, -0.2) is 5.71 Å². The molecule has 1 aliphatic rings. The van der Waals surface area contributed by atoms with Gasteiger partial charge >= 0.3 is 0 Å². The molecule has 0 unspecified atom stereocenters. The predicted octanol–water partition coefficient (Wildman–Crippen LogP) is 4.96. The Bertz CT molecular complexity index is 842. The number of hydrogen-bond acceptors (Lipinski definition) is 2. The van der Waals surface area contributed by atoms with Crippen molar-refractivity contribution >= 4 is 5.71 Å². The smallest absolute Gasteiger partial charge is 0.115 e. The van der Waals surface area contributed by atoms with E-state index in [9.17, 15) is 0 Å². The van der Waals surface area contributed by atoms with Gasteiger partial charge in [0, 0.05) is 5.41 Å². The summed E-state index contributed by atoms with van der Waals surface area (Å²) in [6.45, 7) is 4.55. The second-order valence-corrected chi connectivity index (χ2v) is 7.05. The Labute approximate surface area is 149 Å². The summed E-state index contributed by atoms with van der Waals surface area (Å²) in [6.07, 6.45) is 0. The topological polar surface area (TPSA) is 24.4 Å². The van der Waals surface area contributed by atoms with Crippen molar-refractivity contribution in [2.24, 2.45) is 10.5 Å². The summed E-state index contributed by atoms with van der Waals surface area (Å²) >= 11 is 0. The van der Waals surface area contributed by atoms with Gasteiger partial charge in [-0.15, -0.1) is 0 Å². The number of benzene rings is 3. The lowest BCUT2D eigenvalue weighted by atomic mass is 9.62. The quantitative estimate of drug-likeness (QED) is 0.722. The number of hydrazone groups is 1. The third-order valence-corrected chi connectivity index (χ3v) is 5.33. The minimum absolute atomic E-state index is 0.225. The molecule has 25 heavy (non-hydrogen) atoms. The first kappa shape index (κ1) is 15.6. The summed E-state index contributed by atoms with van der Waals surface area (Å²) in [5.74, 6) is 0. The van der Waals surface area contributed by atoms with Gasteiger partial charge in [0.05, 0.1) is 5.71 Å².